The summed E-state index contributed by atoms with van der Waals surface area (Å²) in [7, 11) is 0. The van der Waals surface area contributed by atoms with Gasteiger partial charge in [0.05, 0.1) is 22.1 Å². The first-order chi connectivity index (χ1) is 28.3. The van der Waals surface area contributed by atoms with Crippen LogP contribution < -0.4 is 0 Å². The van der Waals surface area contributed by atoms with E-state index in [1.54, 1.807) is 0 Å². The van der Waals surface area contributed by atoms with Crippen LogP contribution in [0.15, 0.2) is 192 Å². The van der Waals surface area contributed by atoms with E-state index in [2.05, 4.69) is 161 Å². The molecule has 0 spiro atoms. The summed E-state index contributed by atoms with van der Waals surface area (Å²) < 4.78 is 11.2. The van der Waals surface area contributed by atoms with Crippen LogP contribution in [0.4, 0.5) is 0 Å². The summed E-state index contributed by atoms with van der Waals surface area (Å²) in [5.41, 5.74) is 10.9. The Morgan fingerprint density at radius 3 is 1.58 bits per heavy atom. The van der Waals surface area contributed by atoms with Crippen LogP contribution in [-0.2, 0) is 0 Å². The minimum atomic E-state index is 0.536. The summed E-state index contributed by atoms with van der Waals surface area (Å²) in [5.74, 6) is 1.68. The first-order valence-electron chi connectivity index (χ1n) is 19.1. The molecule has 0 aliphatic carbocycles. The highest BCUT2D eigenvalue weighted by molar-refractivity contribution is 6.23. The van der Waals surface area contributed by atoms with Gasteiger partial charge in [-0.2, -0.15) is 9.97 Å². The largest absolute Gasteiger partial charge is 0.456 e. The van der Waals surface area contributed by atoms with E-state index in [4.69, 9.17) is 19.4 Å². The van der Waals surface area contributed by atoms with Gasteiger partial charge in [-0.25, -0.2) is 4.98 Å². The fraction of sp³-hybridized carbons (Fsp3) is 0. The van der Waals surface area contributed by atoms with Gasteiger partial charge in [0, 0.05) is 49.1 Å². The molecule has 0 unspecified atom stereocenters. The Balaban J connectivity index is 1.21. The molecular weight excluding hydrogens is 699 g/mol. The number of furan rings is 1. The molecule has 0 aliphatic rings. The zero-order chi connectivity index (χ0) is 37.5. The Morgan fingerprint density at radius 1 is 0.368 bits per heavy atom. The van der Waals surface area contributed by atoms with E-state index in [9.17, 15) is 0 Å². The Morgan fingerprint density at radius 2 is 0.895 bits per heavy atom. The first-order valence-corrected chi connectivity index (χ1v) is 19.1. The number of hydrogen-bond acceptors (Lipinski definition) is 4. The second-order valence-corrected chi connectivity index (χ2v) is 14.4. The van der Waals surface area contributed by atoms with Crippen molar-refractivity contribution in [3.63, 3.8) is 0 Å². The third-order valence-corrected chi connectivity index (χ3v) is 11.2. The van der Waals surface area contributed by atoms with Crippen LogP contribution in [-0.4, -0.2) is 24.1 Å². The molecule has 0 fully saturated rings. The summed E-state index contributed by atoms with van der Waals surface area (Å²) in [6.45, 7) is 0. The summed E-state index contributed by atoms with van der Waals surface area (Å²) in [6, 6.07) is 65.4. The van der Waals surface area contributed by atoms with E-state index in [1.165, 1.54) is 5.39 Å². The van der Waals surface area contributed by atoms with Crippen molar-refractivity contribution in [1.29, 1.82) is 0 Å². The van der Waals surface area contributed by atoms with Crippen molar-refractivity contribution in [2.24, 2.45) is 0 Å². The molecule has 6 nitrogen and oxygen atoms in total. The predicted octanol–water partition coefficient (Wildman–Crippen LogP) is 13.0. The van der Waals surface area contributed by atoms with Gasteiger partial charge in [-0.1, -0.05) is 146 Å². The van der Waals surface area contributed by atoms with Crippen LogP contribution in [0, 0.1) is 0 Å². The van der Waals surface area contributed by atoms with Crippen molar-refractivity contribution in [2.75, 3.05) is 0 Å². The van der Waals surface area contributed by atoms with Crippen LogP contribution in [0.5, 0.6) is 0 Å². The number of hydrogen-bond donors (Lipinski definition) is 0. The standard InChI is InChI=1S/C51H31N5O/c1-4-16-32(17-5-1)41-30-34(31-45-46(41)40-24-12-15-27-44(40)57-45)50-52-49(33-18-6-2-7-19-33)53-51(54-50)56-43-26-14-11-23-37(43)39-29-28-38-36-22-10-13-25-42(36)55(47(38)48(39)56)35-20-8-3-9-21-35/h1-31H. The number of nitrogens with zero attached hydrogens (tertiary/aromatic N) is 5. The van der Waals surface area contributed by atoms with Crippen molar-refractivity contribution < 1.29 is 4.42 Å². The van der Waals surface area contributed by atoms with Crippen molar-refractivity contribution in [3.8, 4) is 45.5 Å². The van der Waals surface area contributed by atoms with Crippen molar-refractivity contribution in [1.82, 2.24) is 24.1 Å². The number of rotatable bonds is 5. The zero-order valence-corrected chi connectivity index (χ0v) is 30.5. The third kappa shape index (κ3) is 4.81. The molecule has 0 bridgehead atoms. The SMILES string of the molecule is c1ccc(-c2nc(-c3cc(-c4ccccc4)c4c(c3)oc3ccccc34)nc(-n3c4ccccc4c4ccc5c6ccccc6n(-c6ccccc6)c5c43)n2)cc1. The van der Waals surface area contributed by atoms with Gasteiger partial charge in [0.1, 0.15) is 11.2 Å². The molecule has 0 saturated heterocycles. The Hall–Kier alpha value is -7.83. The van der Waals surface area contributed by atoms with E-state index >= 15 is 0 Å². The normalized spacial score (nSPS) is 11.9. The quantitative estimate of drug-likeness (QED) is 0.177. The lowest BCUT2D eigenvalue weighted by molar-refractivity contribution is 0.669. The van der Waals surface area contributed by atoms with Crippen LogP contribution >= 0.6 is 0 Å². The third-order valence-electron chi connectivity index (χ3n) is 11.2. The lowest BCUT2D eigenvalue weighted by Crippen LogP contribution is -2.07. The minimum absolute atomic E-state index is 0.536. The van der Waals surface area contributed by atoms with Gasteiger partial charge in [-0.15, -0.1) is 0 Å². The molecule has 0 radical (unpaired) electrons. The molecule has 4 aromatic heterocycles. The lowest BCUT2D eigenvalue weighted by Gasteiger charge is -2.14. The van der Waals surface area contributed by atoms with Crippen LogP contribution in [0.1, 0.15) is 0 Å². The van der Waals surface area contributed by atoms with Crippen LogP contribution in [0.3, 0.4) is 0 Å². The molecule has 6 heteroatoms. The second kappa shape index (κ2) is 12.3. The number of para-hydroxylation sites is 4. The van der Waals surface area contributed by atoms with E-state index in [1.807, 2.05) is 36.4 Å². The Labute approximate surface area is 326 Å². The maximum absolute atomic E-state index is 6.56. The molecule has 4 heterocycles. The monoisotopic (exact) mass is 729 g/mol. The summed E-state index contributed by atoms with van der Waals surface area (Å²) in [4.78, 5) is 16.0. The molecule has 0 aliphatic heterocycles. The summed E-state index contributed by atoms with van der Waals surface area (Å²) in [6.07, 6.45) is 0. The molecule has 0 atom stereocenters. The first kappa shape index (κ1) is 31.5. The van der Waals surface area contributed by atoms with Gasteiger partial charge in [0.25, 0.3) is 0 Å². The van der Waals surface area contributed by atoms with Crippen LogP contribution in [0.2, 0.25) is 0 Å². The smallest absolute Gasteiger partial charge is 0.238 e. The highest BCUT2D eigenvalue weighted by Crippen LogP contribution is 2.43. The van der Waals surface area contributed by atoms with E-state index < -0.39 is 0 Å². The van der Waals surface area contributed by atoms with Gasteiger partial charge < -0.3 is 8.98 Å². The van der Waals surface area contributed by atoms with E-state index in [0.717, 1.165) is 88.1 Å². The molecule has 0 N–H and O–H groups in total. The Bertz CT molecular complexity index is 3510. The van der Waals surface area contributed by atoms with Gasteiger partial charge in [-0.3, -0.25) is 4.57 Å². The highest BCUT2D eigenvalue weighted by atomic mass is 16.3. The fourth-order valence-corrected chi connectivity index (χ4v) is 8.69. The van der Waals surface area contributed by atoms with Gasteiger partial charge in [0.2, 0.25) is 5.95 Å². The van der Waals surface area contributed by atoms with Crippen molar-refractivity contribution >= 4 is 65.6 Å². The average molecular weight is 730 g/mol. The number of benzene rings is 8. The molecule has 0 amide bonds. The van der Waals surface area contributed by atoms with Gasteiger partial charge in [0.15, 0.2) is 11.6 Å². The maximum atomic E-state index is 6.56. The minimum Gasteiger partial charge on any atom is -0.456 e. The molecule has 266 valence electrons. The summed E-state index contributed by atoms with van der Waals surface area (Å²) in [5, 5.41) is 6.73. The van der Waals surface area contributed by atoms with E-state index in [-0.39, 0.29) is 0 Å². The fourth-order valence-electron chi connectivity index (χ4n) is 8.69. The van der Waals surface area contributed by atoms with Crippen LogP contribution in [0.25, 0.3) is 111 Å². The van der Waals surface area contributed by atoms with Gasteiger partial charge in [-0.05, 0) is 53.6 Å². The molecule has 8 aromatic carbocycles. The van der Waals surface area contributed by atoms with E-state index in [0.29, 0.717) is 17.6 Å². The second-order valence-electron chi connectivity index (χ2n) is 14.4. The molecular formula is C51H31N5O. The average Bonchev–Trinajstić information content (AvgIpc) is 3.95. The lowest BCUT2D eigenvalue weighted by atomic mass is 9.97. The highest BCUT2D eigenvalue weighted by Gasteiger charge is 2.24. The van der Waals surface area contributed by atoms with Crippen molar-refractivity contribution in [2.45, 2.75) is 0 Å². The van der Waals surface area contributed by atoms with Crippen molar-refractivity contribution in [3.05, 3.63) is 188 Å². The molecule has 12 aromatic rings. The number of aromatic nitrogens is 5. The maximum Gasteiger partial charge on any atom is 0.238 e. The molecule has 12 rings (SSSR count). The number of fused-ring (bicyclic) bond motifs is 10. The Kier molecular flexibility index (Phi) is 6.83. The summed E-state index contributed by atoms with van der Waals surface area (Å²) >= 11 is 0. The van der Waals surface area contributed by atoms with Gasteiger partial charge >= 0.3 is 0 Å². The molecule has 57 heavy (non-hydrogen) atoms. The molecule has 0 saturated carbocycles. The predicted molar refractivity (Wildman–Crippen MR) is 232 cm³/mol. The zero-order valence-electron chi connectivity index (χ0n) is 30.5. The topological polar surface area (TPSA) is 61.7 Å².